The fourth-order valence-corrected chi connectivity index (χ4v) is 3.03. The second kappa shape index (κ2) is 4.36. The Kier molecular flexibility index (Phi) is 3.13. The summed E-state index contributed by atoms with van der Waals surface area (Å²) in [7, 11) is 0. The number of rotatable bonds is 4. The largest absolute Gasteiger partial charge is 0.447 e. The van der Waals surface area contributed by atoms with E-state index in [0.717, 1.165) is 18.8 Å². The molecule has 78 valence electrons. The van der Waals surface area contributed by atoms with E-state index in [2.05, 4.69) is 29.0 Å². The van der Waals surface area contributed by atoms with Crippen molar-refractivity contribution in [1.82, 2.24) is 10.3 Å². The molecule has 0 spiro atoms. The monoisotopic (exact) mass is 212 g/mol. The molecule has 1 saturated heterocycles. The molecular formula is C10H16N2OS. The van der Waals surface area contributed by atoms with Gasteiger partial charge in [-0.2, -0.15) is 11.8 Å². The topological polar surface area (TPSA) is 38.1 Å². The van der Waals surface area contributed by atoms with Crippen LogP contribution in [0.5, 0.6) is 0 Å². The van der Waals surface area contributed by atoms with Gasteiger partial charge in [-0.25, -0.2) is 4.98 Å². The SMILES string of the molecule is CC1(CNCc2cnco2)CCCS1. The lowest BCUT2D eigenvalue weighted by Crippen LogP contribution is -2.32. The van der Waals surface area contributed by atoms with Crippen LogP contribution in [0, 0.1) is 0 Å². The maximum absolute atomic E-state index is 5.15. The number of aromatic nitrogens is 1. The van der Waals surface area contributed by atoms with Crippen molar-refractivity contribution in [3.05, 3.63) is 18.4 Å². The molecule has 3 nitrogen and oxygen atoms in total. The molecule has 1 fully saturated rings. The number of nitrogens with zero attached hydrogens (tertiary/aromatic N) is 1. The van der Waals surface area contributed by atoms with Gasteiger partial charge in [-0.05, 0) is 25.5 Å². The lowest BCUT2D eigenvalue weighted by Gasteiger charge is -2.22. The van der Waals surface area contributed by atoms with Crippen LogP contribution in [0.1, 0.15) is 25.5 Å². The van der Waals surface area contributed by atoms with Gasteiger partial charge in [0.25, 0.3) is 0 Å². The zero-order valence-electron chi connectivity index (χ0n) is 8.45. The van der Waals surface area contributed by atoms with E-state index >= 15 is 0 Å². The number of hydrogen-bond donors (Lipinski definition) is 1. The summed E-state index contributed by atoms with van der Waals surface area (Å²) in [4.78, 5) is 3.88. The van der Waals surface area contributed by atoms with Crippen LogP contribution >= 0.6 is 11.8 Å². The molecule has 2 rings (SSSR count). The molecular weight excluding hydrogens is 196 g/mol. The van der Waals surface area contributed by atoms with Crippen molar-refractivity contribution in [3.63, 3.8) is 0 Å². The van der Waals surface area contributed by atoms with Crippen molar-refractivity contribution in [3.8, 4) is 0 Å². The van der Waals surface area contributed by atoms with Gasteiger partial charge in [0.1, 0.15) is 5.76 Å². The first-order valence-electron chi connectivity index (χ1n) is 5.01. The third-order valence-electron chi connectivity index (χ3n) is 2.58. The quantitative estimate of drug-likeness (QED) is 0.829. The molecule has 0 amide bonds. The molecule has 1 aliphatic rings. The summed E-state index contributed by atoms with van der Waals surface area (Å²) in [6, 6.07) is 0. The molecule has 0 aliphatic carbocycles. The van der Waals surface area contributed by atoms with Crippen LogP contribution in [0.15, 0.2) is 17.0 Å². The summed E-state index contributed by atoms with van der Waals surface area (Å²) in [5, 5.41) is 3.42. The van der Waals surface area contributed by atoms with Crippen LogP contribution in [0.2, 0.25) is 0 Å². The molecule has 1 unspecified atom stereocenters. The molecule has 0 bridgehead atoms. The van der Waals surface area contributed by atoms with Gasteiger partial charge in [0, 0.05) is 11.3 Å². The van der Waals surface area contributed by atoms with E-state index < -0.39 is 0 Å². The average molecular weight is 212 g/mol. The Balaban J connectivity index is 1.72. The van der Waals surface area contributed by atoms with Crippen LogP contribution in [0.4, 0.5) is 0 Å². The Bertz CT molecular complexity index is 268. The van der Waals surface area contributed by atoms with Crippen molar-refractivity contribution < 1.29 is 4.42 Å². The summed E-state index contributed by atoms with van der Waals surface area (Å²) in [6.45, 7) is 4.17. The molecule has 0 saturated carbocycles. The van der Waals surface area contributed by atoms with Gasteiger partial charge in [0.2, 0.25) is 0 Å². The van der Waals surface area contributed by atoms with E-state index in [9.17, 15) is 0 Å². The molecule has 1 aromatic rings. The van der Waals surface area contributed by atoms with E-state index in [4.69, 9.17) is 4.42 Å². The highest BCUT2D eigenvalue weighted by Crippen LogP contribution is 2.36. The first-order valence-corrected chi connectivity index (χ1v) is 5.99. The summed E-state index contributed by atoms with van der Waals surface area (Å²) in [5.41, 5.74) is 0. The van der Waals surface area contributed by atoms with Gasteiger partial charge in [-0.3, -0.25) is 0 Å². The van der Waals surface area contributed by atoms with Gasteiger partial charge < -0.3 is 9.73 Å². The Morgan fingerprint density at radius 3 is 3.29 bits per heavy atom. The second-order valence-corrected chi connectivity index (χ2v) is 5.66. The zero-order valence-corrected chi connectivity index (χ0v) is 9.27. The Morgan fingerprint density at radius 1 is 1.71 bits per heavy atom. The van der Waals surface area contributed by atoms with Gasteiger partial charge >= 0.3 is 0 Å². The Labute approximate surface area is 88.7 Å². The summed E-state index contributed by atoms with van der Waals surface area (Å²) < 4.78 is 5.58. The first kappa shape index (κ1) is 10.1. The van der Waals surface area contributed by atoms with Crippen molar-refractivity contribution in [2.24, 2.45) is 0 Å². The fourth-order valence-electron chi connectivity index (χ4n) is 1.76. The summed E-state index contributed by atoms with van der Waals surface area (Å²) in [6.07, 6.45) is 5.91. The normalized spacial score (nSPS) is 26.9. The first-order chi connectivity index (χ1) is 6.79. The second-order valence-electron chi connectivity index (χ2n) is 3.97. The minimum absolute atomic E-state index is 0.431. The van der Waals surface area contributed by atoms with Crippen LogP contribution in [-0.4, -0.2) is 22.0 Å². The number of nitrogens with one attached hydrogen (secondary N) is 1. The third kappa shape index (κ3) is 2.51. The maximum Gasteiger partial charge on any atom is 0.180 e. The van der Waals surface area contributed by atoms with Crippen LogP contribution in [0.25, 0.3) is 0 Å². The van der Waals surface area contributed by atoms with Crippen molar-refractivity contribution >= 4 is 11.8 Å². The number of thioether (sulfide) groups is 1. The highest BCUT2D eigenvalue weighted by atomic mass is 32.2. The molecule has 1 N–H and O–H groups in total. The molecule has 14 heavy (non-hydrogen) atoms. The van der Waals surface area contributed by atoms with Gasteiger partial charge in [0.05, 0.1) is 12.7 Å². The molecule has 0 aromatic carbocycles. The van der Waals surface area contributed by atoms with Crippen LogP contribution < -0.4 is 5.32 Å². The zero-order chi connectivity index (χ0) is 9.86. The van der Waals surface area contributed by atoms with E-state index in [1.165, 1.54) is 25.0 Å². The van der Waals surface area contributed by atoms with Crippen molar-refractivity contribution in [1.29, 1.82) is 0 Å². The average Bonchev–Trinajstić information content (AvgIpc) is 2.77. The summed E-state index contributed by atoms with van der Waals surface area (Å²) in [5.74, 6) is 2.22. The highest BCUT2D eigenvalue weighted by Gasteiger charge is 2.28. The molecule has 1 atom stereocenters. The van der Waals surface area contributed by atoms with Crippen LogP contribution in [0.3, 0.4) is 0 Å². The molecule has 4 heteroatoms. The number of oxazole rings is 1. The predicted octanol–water partition coefficient (Wildman–Crippen LogP) is 2.05. The van der Waals surface area contributed by atoms with Gasteiger partial charge in [0.15, 0.2) is 6.39 Å². The van der Waals surface area contributed by atoms with Gasteiger partial charge in [-0.15, -0.1) is 0 Å². The van der Waals surface area contributed by atoms with Crippen LogP contribution in [-0.2, 0) is 6.54 Å². The van der Waals surface area contributed by atoms with Crippen molar-refractivity contribution in [2.75, 3.05) is 12.3 Å². The molecule has 1 aromatic heterocycles. The Morgan fingerprint density at radius 2 is 2.64 bits per heavy atom. The highest BCUT2D eigenvalue weighted by molar-refractivity contribution is 8.00. The molecule has 1 aliphatic heterocycles. The van der Waals surface area contributed by atoms with E-state index in [1.807, 2.05) is 0 Å². The maximum atomic E-state index is 5.15. The van der Waals surface area contributed by atoms with E-state index in [1.54, 1.807) is 6.20 Å². The molecule has 2 heterocycles. The molecule has 0 radical (unpaired) electrons. The lowest BCUT2D eigenvalue weighted by atomic mass is 10.1. The predicted molar refractivity (Wildman–Crippen MR) is 58.3 cm³/mol. The van der Waals surface area contributed by atoms with E-state index in [0.29, 0.717) is 4.75 Å². The summed E-state index contributed by atoms with van der Waals surface area (Å²) >= 11 is 2.07. The Hall–Kier alpha value is -0.480. The number of hydrogen-bond acceptors (Lipinski definition) is 4. The lowest BCUT2D eigenvalue weighted by molar-refractivity contribution is 0.460. The third-order valence-corrected chi connectivity index (χ3v) is 4.12. The minimum Gasteiger partial charge on any atom is -0.447 e. The van der Waals surface area contributed by atoms with Crippen molar-refractivity contribution in [2.45, 2.75) is 31.1 Å². The minimum atomic E-state index is 0.431. The van der Waals surface area contributed by atoms with Gasteiger partial charge in [-0.1, -0.05) is 0 Å². The smallest absolute Gasteiger partial charge is 0.180 e. The van der Waals surface area contributed by atoms with E-state index in [-0.39, 0.29) is 0 Å². The standard InChI is InChI=1S/C10H16N2OS/c1-10(3-2-4-14-10)7-11-5-9-6-12-8-13-9/h6,8,11H,2-5,7H2,1H3. The fraction of sp³-hybridized carbons (Fsp3) is 0.700.